The summed E-state index contributed by atoms with van der Waals surface area (Å²) in [5, 5.41) is 22.1. The lowest BCUT2D eigenvalue weighted by atomic mass is 9.79. The predicted octanol–water partition coefficient (Wildman–Crippen LogP) is 13.1. The van der Waals surface area contributed by atoms with Crippen LogP contribution in [0.15, 0.2) is 70.5 Å². The maximum atomic E-state index is 14.7. The molecule has 0 aliphatic heterocycles. The lowest BCUT2D eigenvalue weighted by molar-refractivity contribution is 0.0725. The highest BCUT2D eigenvalue weighted by molar-refractivity contribution is 8.18. The van der Waals surface area contributed by atoms with Crippen LogP contribution in [0.5, 0.6) is 17.2 Å². The van der Waals surface area contributed by atoms with Gasteiger partial charge in [0.2, 0.25) is 0 Å². The number of aromatic hydroxyl groups is 2. The summed E-state index contributed by atoms with van der Waals surface area (Å²) in [5.74, 6) is -1.81. The number of carbonyl (C=O) groups is 1. The largest absolute Gasteiger partial charge is 0.507 e. The van der Waals surface area contributed by atoms with E-state index in [1.807, 2.05) is 0 Å². The minimum absolute atomic E-state index is 0.0969. The molecule has 0 fully saturated rings. The van der Waals surface area contributed by atoms with Crippen molar-refractivity contribution in [3.05, 3.63) is 100 Å². The summed E-state index contributed by atoms with van der Waals surface area (Å²) in [7, 11) is 0. The van der Waals surface area contributed by atoms with Crippen LogP contribution in [0.1, 0.15) is 130 Å². The number of halogens is 2. The van der Waals surface area contributed by atoms with Crippen LogP contribution in [0.25, 0.3) is 11.1 Å². The molecule has 0 saturated carbocycles. The second kappa shape index (κ2) is 14.4. The van der Waals surface area contributed by atoms with Gasteiger partial charge in [0.05, 0.1) is 4.08 Å². The fraction of sp³-hybridized carbons (Fsp3) is 0.432. The molecule has 4 rings (SSSR count). The molecule has 0 saturated heterocycles. The van der Waals surface area contributed by atoms with Gasteiger partial charge in [-0.25, -0.2) is 13.6 Å². The molecule has 52 heavy (non-hydrogen) atoms. The summed E-state index contributed by atoms with van der Waals surface area (Å²) in [6.45, 7) is 29.4. The average molecular weight is 749 g/mol. The van der Waals surface area contributed by atoms with Gasteiger partial charge in [0, 0.05) is 43.7 Å². The highest BCUT2D eigenvalue weighted by atomic mass is 32.2. The normalized spacial score (nSPS) is 13.0. The molecule has 0 spiro atoms. The van der Waals surface area contributed by atoms with Crippen molar-refractivity contribution in [3.8, 4) is 28.4 Å². The first-order valence-corrected chi connectivity index (χ1v) is 19.2. The number of rotatable bonds is 7. The molecule has 280 valence electrons. The summed E-state index contributed by atoms with van der Waals surface area (Å²) in [6, 6.07) is 15.7. The maximum Gasteiger partial charge on any atom is 0.347 e. The van der Waals surface area contributed by atoms with Crippen LogP contribution in [0.3, 0.4) is 0 Å². The molecule has 0 atom stereocenters. The van der Waals surface area contributed by atoms with Gasteiger partial charge in [-0.15, -0.1) is 23.5 Å². The zero-order valence-electron chi connectivity index (χ0n) is 33.1. The van der Waals surface area contributed by atoms with Crippen LogP contribution >= 0.6 is 23.5 Å². The molecule has 0 unspecified atom stereocenters. The third-order valence-electron chi connectivity index (χ3n) is 8.76. The molecule has 0 bridgehead atoms. The van der Waals surface area contributed by atoms with Gasteiger partial charge >= 0.3 is 5.97 Å². The monoisotopic (exact) mass is 748 g/mol. The highest BCUT2D eigenvalue weighted by Crippen LogP contribution is 2.51. The van der Waals surface area contributed by atoms with Gasteiger partial charge in [-0.1, -0.05) is 89.2 Å². The number of phenolic OH excluding ortho intramolecular Hbond substituents is 2. The molecule has 2 N–H and O–H groups in total. The molecule has 8 heteroatoms. The number of ether oxygens (including phenoxy) is 1. The third kappa shape index (κ3) is 9.54. The quantitative estimate of drug-likeness (QED) is 0.0849. The molecular formula is C44H54F2O4S2. The Balaban J connectivity index is 1.78. The molecule has 4 aromatic carbocycles. The van der Waals surface area contributed by atoms with E-state index in [0.717, 1.165) is 44.2 Å². The Kier molecular flexibility index (Phi) is 11.4. The summed E-state index contributed by atoms with van der Waals surface area (Å²) < 4.78 is 34.2. The van der Waals surface area contributed by atoms with Gasteiger partial charge in [-0.05, 0) is 89.6 Å². The molecule has 4 aromatic rings. The lowest BCUT2D eigenvalue weighted by Gasteiger charge is -2.32. The van der Waals surface area contributed by atoms with Gasteiger partial charge < -0.3 is 14.9 Å². The fourth-order valence-electron chi connectivity index (χ4n) is 6.02. The number of hydrogen-bond donors (Lipinski definition) is 2. The van der Waals surface area contributed by atoms with Crippen LogP contribution in [0.4, 0.5) is 8.78 Å². The van der Waals surface area contributed by atoms with E-state index in [4.69, 9.17) is 4.74 Å². The van der Waals surface area contributed by atoms with Crippen molar-refractivity contribution in [2.24, 2.45) is 0 Å². The van der Waals surface area contributed by atoms with E-state index in [-0.39, 0.29) is 31.8 Å². The third-order valence-corrected chi connectivity index (χ3v) is 11.2. The first kappa shape index (κ1) is 41.3. The van der Waals surface area contributed by atoms with Crippen molar-refractivity contribution in [2.45, 2.75) is 132 Å². The van der Waals surface area contributed by atoms with Crippen LogP contribution in [-0.4, -0.2) is 20.3 Å². The average Bonchev–Trinajstić information content (AvgIpc) is 2.96. The van der Waals surface area contributed by atoms with E-state index in [9.17, 15) is 23.8 Å². The minimum atomic E-state index is -0.786. The van der Waals surface area contributed by atoms with Gasteiger partial charge in [0.25, 0.3) is 0 Å². The van der Waals surface area contributed by atoms with Crippen molar-refractivity contribution in [1.29, 1.82) is 0 Å². The zero-order chi connectivity index (χ0) is 39.4. The standard InChI is InChI=1S/C44H54F2O4S2/c1-40(2,3)31-21-27(22-32(37(31)48)41(4,5)6)51-44(13,14)52-28-23-33(42(7,8)9)38(34(24-28)43(10,11)12)50-39(49)30-19-25(15-18-36(30)47)29-17-16-26(45)20-35(29)46/h15-24,47-48H,1-14H3. The Morgan fingerprint density at radius 1 is 0.596 bits per heavy atom. The molecular weight excluding hydrogens is 695 g/mol. The Bertz CT molecular complexity index is 1920. The van der Waals surface area contributed by atoms with Crippen LogP contribution < -0.4 is 4.74 Å². The van der Waals surface area contributed by atoms with Crippen LogP contribution in [0, 0.1) is 11.6 Å². The smallest absolute Gasteiger partial charge is 0.347 e. The first-order chi connectivity index (χ1) is 23.6. The van der Waals surface area contributed by atoms with Crippen molar-refractivity contribution in [2.75, 3.05) is 0 Å². The number of phenols is 2. The second-order valence-electron chi connectivity index (χ2n) is 18.1. The summed E-state index contributed by atoms with van der Waals surface area (Å²) in [5.41, 5.74) is 2.38. The zero-order valence-corrected chi connectivity index (χ0v) is 34.7. The van der Waals surface area contributed by atoms with Gasteiger partial charge in [0.1, 0.15) is 34.4 Å². The van der Waals surface area contributed by atoms with E-state index in [1.165, 1.54) is 24.3 Å². The van der Waals surface area contributed by atoms with Crippen LogP contribution in [-0.2, 0) is 21.7 Å². The highest BCUT2D eigenvalue weighted by Gasteiger charge is 2.33. The molecule has 0 radical (unpaired) electrons. The number of thioether (sulfide) groups is 2. The SMILES string of the molecule is CC(C)(Sc1cc(C(C)(C)C)c(O)c(C(C)(C)C)c1)Sc1cc(C(C)(C)C)c(OC(=O)c2cc(-c3ccc(F)cc3F)ccc2O)c(C(C)(C)C)c1. The Hall–Kier alpha value is -3.49. The molecule has 0 aliphatic carbocycles. The summed E-state index contributed by atoms with van der Waals surface area (Å²) in [4.78, 5) is 16.0. The number of hydrogen-bond acceptors (Lipinski definition) is 6. The topological polar surface area (TPSA) is 66.8 Å². The molecule has 0 heterocycles. The molecule has 0 aliphatic rings. The molecule has 0 amide bonds. The van der Waals surface area contributed by atoms with E-state index < -0.39 is 28.4 Å². The summed E-state index contributed by atoms with van der Waals surface area (Å²) >= 11 is 3.46. The number of carbonyl (C=O) groups excluding carboxylic acids is 1. The summed E-state index contributed by atoms with van der Waals surface area (Å²) in [6.07, 6.45) is 0. The first-order valence-electron chi connectivity index (χ1n) is 17.5. The maximum absolute atomic E-state index is 14.7. The fourth-order valence-corrected chi connectivity index (χ4v) is 8.61. The predicted molar refractivity (Wildman–Crippen MR) is 214 cm³/mol. The van der Waals surface area contributed by atoms with E-state index >= 15 is 0 Å². The minimum Gasteiger partial charge on any atom is -0.507 e. The Labute approximate surface area is 317 Å². The van der Waals surface area contributed by atoms with Crippen molar-refractivity contribution < 1.29 is 28.5 Å². The number of esters is 1. The van der Waals surface area contributed by atoms with Crippen LogP contribution in [0.2, 0.25) is 0 Å². The van der Waals surface area contributed by atoms with E-state index in [0.29, 0.717) is 17.1 Å². The molecule has 4 nitrogen and oxygen atoms in total. The van der Waals surface area contributed by atoms with Gasteiger partial charge in [-0.2, -0.15) is 0 Å². The van der Waals surface area contributed by atoms with Crippen molar-refractivity contribution in [1.82, 2.24) is 0 Å². The van der Waals surface area contributed by atoms with Crippen molar-refractivity contribution >= 4 is 29.5 Å². The second-order valence-corrected chi connectivity index (χ2v) is 21.7. The Morgan fingerprint density at radius 3 is 1.46 bits per heavy atom. The number of benzene rings is 4. The Morgan fingerprint density at radius 2 is 1.04 bits per heavy atom. The van der Waals surface area contributed by atoms with E-state index in [1.54, 1.807) is 23.5 Å². The van der Waals surface area contributed by atoms with E-state index in [2.05, 4.69) is 121 Å². The van der Waals surface area contributed by atoms with Gasteiger partial charge in [0.15, 0.2) is 0 Å². The molecule has 0 aromatic heterocycles. The van der Waals surface area contributed by atoms with Crippen molar-refractivity contribution in [3.63, 3.8) is 0 Å². The lowest BCUT2D eigenvalue weighted by Crippen LogP contribution is -2.22. The van der Waals surface area contributed by atoms with Gasteiger partial charge in [-0.3, -0.25) is 0 Å².